The Morgan fingerprint density at radius 2 is 1.80 bits per heavy atom. The van der Waals surface area contributed by atoms with Gasteiger partial charge in [-0.25, -0.2) is 0 Å². The minimum absolute atomic E-state index is 0.513. The summed E-state index contributed by atoms with van der Waals surface area (Å²) in [5.74, 6) is 0.713. The molecule has 1 N–H and O–H groups in total. The van der Waals surface area contributed by atoms with Crippen molar-refractivity contribution in [2.45, 2.75) is 44.6 Å². The molecular formula is C19H22O. The van der Waals surface area contributed by atoms with E-state index >= 15 is 0 Å². The van der Waals surface area contributed by atoms with E-state index in [0.29, 0.717) is 5.92 Å². The normalized spacial score (nSPS) is 16.7. The maximum absolute atomic E-state index is 10.6. The lowest BCUT2D eigenvalue weighted by molar-refractivity contribution is 0.220. The number of benzene rings is 2. The van der Waals surface area contributed by atoms with E-state index in [1.54, 1.807) is 0 Å². The molecule has 0 bridgehead atoms. The largest absolute Gasteiger partial charge is 0.384 e. The van der Waals surface area contributed by atoms with Crippen LogP contribution in [0.4, 0.5) is 0 Å². The van der Waals surface area contributed by atoms with Crippen LogP contribution < -0.4 is 0 Å². The first-order valence-corrected chi connectivity index (χ1v) is 7.64. The van der Waals surface area contributed by atoms with Crippen LogP contribution >= 0.6 is 0 Å². The number of aliphatic hydroxyl groups is 1. The predicted octanol–water partition coefficient (Wildman–Crippen LogP) is 4.60. The molecule has 1 saturated carbocycles. The number of aliphatic hydroxyl groups excluding tert-OH is 1. The molecule has 0 aliphatic heterocycles. The summed E-state index contributed by atoms with van der Waals surface area (Å²) >= 11 is 0. The van der Waals surface area contributed by atoms with Crippen LogP contribution in [0.1, 0.15) is 60.5 Å². The minimum atomic E-state index is -0.513. The summed E-state index contributed by atoms with van der Waals surface area (Å²) in [6.07, 6.45) is 4.46. The van der Waals surface area contributed by atoms with Crippen molar-refractivity contribution >= 4 is 0 Å². The molecule has 0 radical (unpaired) electrons. The van der Waals surface area contributed by atoms with E-state index in [4.69, 9.17) is 0 Å². The van der Waals surface area contributed by atoms with Crippen molar-refractivity contribution in [2.24, 2.45) is 0 Å². The van der Waals surface area contributed by atoms with E-state index in [-0.39, 0.29) is 0 Å². The first-order valence-electron chi connectivity index (χ1n) is 7.64. The Balaban J connectivity index is 1.83. The smallest absolute Gasteiger partial charge is 0.104 e. The summed E-state index contributed by atoms with van der Waals surface area (Å²) in [7, 11) is 0. The third kappa shape index (κ3) is 2.64. The minimum Gasteiger partial charge on any atom is -0.384 e. The molecule has 2 aromatic rings. The van der Waals surface area contributed by atoms with Gasteiger partial charge in [-0.15, -0.1) is 0 Å². The van der Waals surface area contributed by atoms with Crippen molar-refractivity contribution < 1.29 is 5.11 Å². The maximum atomic E-state index is 10.6. The molecule has 1 aliphatic carbocycles. The topological polar surface area (TPSA) is 20.2 Å². The molecule has 1 heteroatoms. The van der Waals surface area contributed by atoms with Gasteiger partial charge in [-0.3, -0.25) is 0 Å². The third-order valence-electron chi connectivity index (χ3n) is 4.51. The zero-order valence-corrected chi connectivity index (χ0v) is 12.0. The Labute approximate surface area is 121 Å². The van der Waals surface area contributed by atoms with E-state index in [2.05, 4.69) is 37.3 Å². The zero-order chi connectivity index (χ0) is 13.9. The number of hydrogen-bond acceptors (Lipinski definition) is 1. The molecular weight excluding hydrogens is 244 g/mol. The molecule has 3 rings (SSSR count). The summed E-state index contributed by atoms with van der Waals surface area (Å²) in [4.78, 5) is 0. The van der Waals surface area contributed by atoms with Crippen molar-refractivity contribution in [1.82, 2.24) is 0 Å². The van der Waals surface area contributed by atoms with Gasteiger partial charge in [0.2, 0.25) is 0 Å². The predicted molar refractivity (Wildman–Crippen MR) is 82.9 cm³/mol. The highest BCUT2D eigenvalue weighted by Crippen LogP contribution is 2.37. The van der Waals surface area contributed by atoms with Crippen molar-refractivity contribution in [3.63, 3.8) is 0 Å². The Kier molecular flexibility index (Phi) is 3.88. The van der Waals surface area contributed by atoms with Gasteiger partial charge < -0.3 is 5.11 Å². The van der Waals surface area contributed by atoms with Gasteiger partial charge in [0.15, 0.2) is 0 Å². The summed E-state index contributed by atoms with van der Waals surface area (Å²) in [6.45, 7) is 2.15. The molecule has 1 atom stereocenters. The van der Waals surface area contributed by atoms with Crippen LogP contribution in [0, 0.1) is 0 Å². The fourth-order valence-electron chi connectivity index (χ4n) is 2.85. The molecule has 0 spiro atoms. The molecule has 2 aromatic carbocycles. The van der Waals surface area contributed by atoms with Crippen LogP contribution in [0.3, 0.4) is 0 Å². The highest BCUT2D eigenvalue weighted by molar-refractivity contribution is 5.35. The van der Waals surface area contributed by atoms with Crippen LogP contribution in [-0.4, -0.2) is 5.11 Å². The van der Waals surface area contributed by atoms with Gasteiger partial charge >= 0.3 is 0 Å². The molecule has 1 aliphatic rings. The molecule has 1 nitrogen and oxygen atoms in total. The number of hydrogen-bond donors (Lipinski definition) is 1. The van der Waals surface area contributed by atoms with Crippen LogP contribution in [0.15, 0.2) is 48.5 Å². The monoisotopic (exact) mass is 266 g/mol. The summed E-state index contributed by atoms with van der Waals surface area (Å²) in [5.41, 5.74) is 4.69. The quantitative estimate of drug-likeness (QED) is 0.857. The average Bonchev–Trinajstić information content (AvgIpc) is 2.45. The fourth-order valence-corrected chi connectivity index (χ4v) is 2.85. The second-order valence-corrected chi connectivity index (χ2v) is 5.80. The molecule has 0 amide bonds. The standard InChI is InChI=1S/C19H22O/c1-2-14-9-11-16(12-10-14)19(20)18-8-4-7-17(13-18)15-5-3-6-15/h4,7-13,15,19-20H,2-3,5-6H2,1H3. The Hall–Kier alpha value is -1.60. The lowest BCUT2D eigenvalue weighted by Gasteiger charge is -2.26. The molecule has 1 fully saturated rings. The lowest BCUT2D eigenvalue weighted by Crippen LogP contribution is -2.09. The van der Waals surface area contributed by atoms with Crippen LogP contribution in [0.2, 0.25) is 0 Å². The van der Waals surface area contributed by atoms with E-state index < -0.39 is 6.10 Å². The van der Waals surface area contributed by atoms with Crippen LogP contribution in [0.5, 0.6) is 0 Å². The van der Waals surface area contributed by atoms with E-state index in [9.17, 15) is 5.11 Å². The van der Waals surface area contributed by atoms with Gasteiger partial charge in [-0.05, 0) is 47.4 Å². The zero-order valence-electron chi connectivity index (χ0n) is 12.0. The van der Waals surface area contributed by atoms with Gasteiger partial charge in [0, 0.05) is 0 Å². The highest BCUT2D eigenvalue weighted by atomic mass is 16.3. The number of rotatable bonds is 4. The van der Waals surface area contributed by atoms with Crippen LogP contribution in [-0.2, 0) is 6.42 Å². The Morgan fingerprint density at radius 3 is 2.40 bits per heavy atom. The Bertz CT molecular complexity index is 567. The van der Waals surface area contributed by atoms with Crippen molar-refractivity contribution in [3.8, 4) is 0 Å². The van der Waals surface area contributed by atoms with Gasteiger partial charge in [0.25, 0.3) is 0 Å². The van der Waals surface area contributed by atoms with Crippen LogP contribution in [0.25, 0.3) is 0 Å². The van der Waals surface area contributed by atoms with Gasteiger partial charge in [-0.2, -0.15) is 0 Å². The Morgan fingerprint density at radius 1 is 1.05 bits per heavy atom. The van der Waals surface area contributed by atoms with Gasteiger partial charge in [0.1, 0.15) is 6.10 Å². The number of aryl methyl sites for hydroxylation is 1. The fraction of sp³-hybridized carbons (Fsp3) is 0.368. The molecule has 1 unspecified atom stereocenters. The first-order chi connectivity index (χ1) is 9.78. The maximum Gasteiger partial charge on any atom is 0.104 e. The van der Waals surface area contributed by atoms with E-state index in [1.165, 1.54) is 30.4 Å². The SMILES string of the molecule is CCc1ccc(C(O)c2cccc(C3CCC3)c2)cc1. The van der Waals surface area contributed by atoms with Crippen molar-refractivity contribution in [1.29, 1.82) is 0 Å². The van der Waals surface area contributed by atoms with Crippen molar-refractivity contribution in [3.05, 3.63) is 70.8 Å². The van der Waals surface area contributed by atoms with Gasteiger partial charge in [0.05, 0.1) is 0 Å². The molecule has 20 heavy (non-hydrogen) atoms. The van der Waals surface area contributed by atoms with Gasteiger partial charge in [-0.1, -0.05) is 61.9 Å². The summed E-state index contributed by atoms with van der Waals surface area (Å²) in [5, 5.41) is 10.6. The molecule has 0 aromatic heterocycles. The van der Waals surface area contributed by atoms with Crippen molar-refractivity contribution in [2.75, 3.05) is 0 Å². The second kappa shape index (κ2) is 5.80. The van der Waals surface area contributed by atoms with E-state index in [0.717, 1.165) is 17.5 Å². The molecule has 0 saturated heterocycles. The first kappa shape index (κ1) is 13.4. The summed E-state index contributed by atoms with van der Waals surface area (Å²) < 4.78 is 0. The highest BCUT2D eigenvalue weighted by Gasteiger charge is 2.20. The average molecular weight is 266 g/mol. The second-order valence-electron chi connectivity index (χ2n) is 5.80. The summed E-state index contributed by atoms with van der Waals surface area (Å²) in [6, 6.07) is 16.8. The van der Waals surface area contributed by atoms with E-state index in [1.807, 2.05) is 18.2 Å². The molecule has 104 valence electrons. The third-order valence-corrected chi connectivity index (χ3v) is 4.51. The molecule has 0 heterocycles. The lowest BCUT2D eigenvalue weighted by atomic mass is 9.79.